The lowest BCUT2D eigenvalue weighted by Gasteiger charge is -2.23. The molecule has 8 heteroatoms. The van der Waals surface area contributed by atoms with Crippen LogP contribution in [0.5, 0.6) is 0 Å². The number of rotatable bonds is 5. The molecule has 2 rings (SSSR count). The van der Waals surface area contributed by atoms with Crippen LogP contribution in [0.1, 0.15) is 5.56 Å². The number of amides is 3. The highest BCUT2D eigenvalue weighted by molar-refractivity contribution is 9.10. The number of hydrogen-bond acceptors (Lipinski definition) is 3. The van der Waals surface area contributed by atoms with Gasteiger partial charge in [-0.3, -0.25) is 14.7 Å². The van der Waals surface area contributed by atoms with Crippen molar-refractivity contribution in [3.05, 3.63) is 34.3 Å². The molecule has 0 saturated carbocycles. The molecule has 0 aliphatic carbocycles. The molecule has 0 atom stereocenters. The highest BCUT2D eigenvalue weighted by Crippen LogP contribution is 2.11. The minimum atomic E-state index is -0.338. The zero-order valence-electron chi connectivity index (χ0n) is 13.2. The summed E-state index contributed by atoms with van der Waals surface area (Å²) in [4.78, 5) is 30.4. The molecule has 124 valence electrons. The third-order valence-electron chi connectivity index (χ3n) is 3.46. The third-order valence-corrected chi connectivity index (χ3v) is 3.99. The van der Waals surface area contributed by atoms with Crippen LogP contribution in [0.2, 0.25) is 0 Å². The van der Waals surface area contributed by atoms with Crippen molar-refractivity contribution in [2.75, 3.05) is 33.7 Å². The summed E-state index contributed by atoms with van der Waals surface area (Å²) in [5, 5.41) is 5.66. The average Bonchev–Trinajstić information content (AvgIpc) is 2.85. The van der Waals surface area contributed by atoms with Crippen molar-refractivity contribution in [3.8, 4) is 0 Å². The van der Waals surface area contributed by atoms with Crippen molar-refractivity contribution < 1.29 is 9.59 Å². The van der Waals surface area contributed by atoms with E-state index in [4.69, 9.17) is 0 Å². The SMILES string of the molecule is CN=C(NCCN1C(=O)CNC1=O)N(C)Cc1ccc(Br)cc1. The number of hydrogen-bond donors (Lipinski definition) is 2. The molecule has 1 saturated heterocycles. The van der Waals surface area contributed by atoms with Gasteiger partial charge < -0.3 is 15.5 Å². The molecule has 1 aromatic carbocycles. The molecule has 0 unspecified atom stereocenters. The van der Waals surface area contributed by atoms with Crippen LogP contribution in [0.15, 0.2) is 33.7 Å². The molecule has 0 aromatic heterocycles. The Balaban J connectivity index is 1.83. The Bertz CT molecular complexity index is 586. The lowest BCUT2D eigenvalue weighted by atomic mass is 10.2. The molecule has 1 heterocycles. The minimum Gasteiger partial charge on any atom is -0.354 e. The second-order valence-corrected chi connectivity index (χ2v) is 6.08. The Morgan fingerprint density at radius 3 is 2.65 bits per heavy atom. The fraction of sp³-hybridized carbons (Fsp3) is 0.400. The maximum atomic E-state index is 11.5. The monoisotopic (exact) mass is 381 g/mol. The Hall–Kier alpha value is -2.09. The smallest absolute Gasteiger partial charge is 0.324 e. The Kier molecular flexibility index (Phi) is 5.97. The van der Waals surface area contributed by atoms with Gasteiger partial charge in [-0.25, -0.2) is 4.79 Å². The third kappa shape index (κ3) is 4.69. The lowest BCUT2D eigenvalue weighted by molar-refractivity contribution is -0.124. The molecule has 0 radical (unpaired) electrons. The van der Waals surface area contributed by atoms with Crippen LogP contribution in [-0.4, -0.2) is 61.4 Å². The minimum absolute atomic E-state index is 0.0804. The summed E-state index contributed by atoms with van der Waals surface area (Å²) < 4.78 is 1.04. The van der Waals surface area contributed by atoms with E-state index in [-0.39, 0.29) is 18.5 Å². The topological polar surface area (TPSA) is 77.0 Å². The van der Waals surface area contributed by atoms with Crippen LogP contribution in [-0.2, 0) is 11.3 Å². The van der Waals surface area contributed by atoms with Gasteiger partial charge >= 0.3 is 6.03 Å². The first-order valence-corrected chi connectivity index (χ1v) is 8.05. The number of benzene rings is 1. The van der Waals surface area contributed by atoms with Crippen molar-refractivity contribution in [2.24, 2.45) is 4.99 Å². The van der Waals surface area contributed by atoms with Gasteiger partial charge in [-0.1, -0.05) is 28.1 Å². The van der Waals surface area contributed by atoms with E-state index in [9.17, 15) is 9.59 Å². The number of nitrogens with zero attached hydrogens (tertiary/aromatic N) is 3. The van der Waals surface area contributed by atoms with Crippen molar-refractivity contribution in [1.82, 2.24) is 20.4 Å². The van der Waals surface area contributed by atoms with Gasteiger partial charge in [-0.15, -0.1) is 0 Å². The maximum absolute atomic E-state index is 11.5. The second kappa shape index (κ2) is 7.96. The summed E-state index contributed by atoms with van der Waals surface area (Å²) in [6.07, 6.45) is 0. The lowest BCUT2D eigenvalue weighted by Crippen LogP contribution is -2.43. The normalized spacial score (nSPS) is 14.9. The fourth-order valence-corrected chi connectivity index (χ4v) is 2.55. The van der Waals surface area contributed by atoms with Gasteiger partial charge in [-0.2, -0.15) is 0 Å². The summed E-state index contributed by atoms with van der Waals surface area (Å²) in [6, 6.07) is 7.74. The standard InChI is InChI=1S/C15H20BrN5O2/c1-17-14(18-7-8-21-13(22)9-19-15(21)23)20(2)10-11-3-5-12(16)6-4-11/h3-6H,7-10H2,1-2H3,(H,17,18)(H,19,23). The molecular weight excluding hydrogens is 362 g/mol. The Morgan fingerprint density at radius 1 is 1.39 bits per heavy atom. The first-order chi connectivity index (χ1) is 11.0. The van der Waals surface area contributed by atoms with Gasteiger partial charge in [-0.05, 0) is 17.7 Å². The predicted molar refractivity (Wildman–Crippen MR) is 92.1 cm³/mol. The first-order valence-electron chi connectivity index (χ1n) is 7.25. The molecule has 23 heavy (non-hydrogen) atoms. The number of carbonyl (C=O) groups excluding carboxylic acids is 2. The summed E-state index contributed by atoms with van der Waals surface area (Å²) in [5.41, 5.74) is 1.16. The fourth-order valence-electron chi connectivity index (χ4n) is 2.28. The van der Waals surface area contributed by atoms with Crippen molar-refractivity contribution >= 4 is 33.8 Å². The zero-order chi connectivity index (χ0) is 16.8. The molecule has 2 N–H and O–H groups in total. The molecule has 1 aliphatic heterocycles. The van der Waals surface area contributed by atoms with Gasteiger partial charge in [0, 0.05) is 38.2 Å². The zero-order valence-corrected chi connectivity index (χ0v) is 14.8. The van der Waals surface area contributed by atoms with Crippen molar-refractivity contribution in [3.63, 3.8) is 0 Å². The molecule has 0 spiro atoms. The van der Waals surface area contributed by atoms with E-state index in [0.29, 0.717) is 25.6 Å². The van der Waals surface area contributed by atoms with Crippen LogP contribution in [0.25, 0.3) is 0 Å². The molecule has 1 aliphatic rings. The summed E-state index contributed by atoms with van der Waals surface area (Å²) in [5.74, 6) is 0.509. The van der Waals surface area contributed by atoms with Gasteiger partial charge in [0.05, 0.1) is 6.54 Å². The van der Waals surface area contributed by atoms with E-state index >= 15 is 0 Å². The first kappa shape index (κ1) is 17.3. The quantitative estimate of drug-likeness (QED) is 0.453. The van der Waals surface area contributed by atoms with E-state index in [0.717, 1.165) is 10.0 Å². The van der Waals surface area contributed by atoms with E-state index in [1.54, 1.807) is 7.05 Å². The molecule has 1 fully saturated rings. The molecule has 1 aromatic rings. The number of nitrogens with one attached hydrogen (secondary N) is 2. The van der Waals surface area contributed by atoms with Gasteiger partial charge in [0.2, 0.25) is 5.91 Å². The van der Waals surface area contributed by atoms with Crippen molar-refractivity contribution in [2.45, 2.75) is 6.54 Å². The maximum Gasteiger partial charge on any atom is 0.324 e. The summed E-state index contributed by atoms with van der Waals surface area (Å²) >= 11 is 3.42. The molecule has 0 bridgehead atoms. The van der Waals surface area contributed by atoms with Crippen molar-refractivity contribution in [1.29, 1.82) is 0 Å². The number of guanidine groups is 1. The second-order valence-electron chi connectivity index (χ2n) is 5.16. The molecule has 7 nitrogen and oxygen atoms in total. The van der Waals surface area contributed by atoms with Crippen LogP contribution in [0.3, 0.4) is 0 Å². The van der Waals surface area contributed by atoms with Gasteiger partial charge in [0.25, 0.3) is 0 Å². The van der Waals surface area contributed by atoms with E-state index in [1.807, 2.05) is 36.2 Å². The number of aliphatic imine (C=N–C) groups is 1. The summed E-state index contributed by atoms with van der Waals surface area (Å²) in [7, 11) is 3.64. The largest absolute Gasteiger partial charge is 0.354 e. The van der Waals surface area contributed by atoms with Crippen LogP contribution >= 0.6 is 15.9 Å². The number of halogens is 1. The number of imide groups is 1. The van der Waals surface area contributed by atoms with Crippen LogP contribution in [0.4, 0.5) is 4.79 Å². The highest BCUT2D eigenvalue weighted by Gasteiger charge is 2.27. The van der Waals surface area contributed by atoms with Crippen LogP contribution in [0, 0.1) is 0 Å². The predicted octanol–water partition coefficient (Wildman–Crippen LogP) is 1.01. The summed E-state index contributed by atoms with van der Waals surface area (Å²) in [6.45, 7) is 1.55. The number of carbonyl (C=O) groups is 2. The number of urea groups is 1. The van der Waals surface area contributed by atoms with E-state index < -0.39 is 0 Å². The Morgan fingerprint density at radius 2 is 2.09 bits per heavy atom. The Labute approximate surface area is 143 Å². The highest BCUT2D eigenvalue weighted by atomic mass is 79.9. The van der Waals surface area contributed by atoms with E-state index in [2.05, 4.69) is 31.6 Å². The average molecular weight is 382 g/mol. The van der Waals surface area contributed by atoms with Crippen LogP contribution < -0.4 is 10.6 Å². The van der Waals surface area contributed by atoms with E-state index in [1.165, 1.54) is 4.90 Å². The molecule has 3 amide bonds. The molecular formula is C15H20BrN5O2. The van der Waals surface area contributed by atoms with Gasteiger partial charge in [0.1, 0.15) is 0 Å². The van der Waals surface area contributed by atoms with Gasteiger partial charge in [0.15, 0.2) is 5.96 Å².